The van der Waals surface area contributed by atoms with Gasteiger partial charge in [-0.3, -0.25) is 0 Å². The van der Waals surface area contributed by atoms with Gasteiger partial charge in [-0.2, -0.15) is 0 Å². The zero-order chi connectivity index (χ0) is 7.84. The summed E-state index contributed by atoms with van der Waals surface area (Å²) < 4.78 is 4.93. The predicted octanol–water partition coefficient (Wildman–Crippen LogP) is -0.163. The molecule has 1 aliphatic carbocycles. The van der Waals surface area contributed by atoms with Crippen LogP contribution in [0.4, 0.5) is 0 Å². The Hall–Kier alpha value is -0.735. The maximum absolute atomic E-state index is 8.83. The summed E-state index contributed by atoms with van der Waals surface area (Å²) in [6.07, 6.45) is 3.78. The second-order valence-electron chi connectivity index (χ2n) is 2.89. The summed E-state index contributed by atoms with van der Waals surface area (Å²) >= 11 is 0. The Balaban J connectivity index is 2.30. The van der Waals surface area contributed by atoms with Crippen molar-refractivity contribution in [3.63, 3.8) is 0 Å². The Bertz CT molecular complexity index is 235. The number of furan rings is 1. The Morgan fingerprint density at radius 1 is 1.45 bits per heavy atom. The summed E-state index contributed by atoms with van der Waals surface area (Å²) in [4.78, 5) is 0. The minimum Gasteiger partial charge on any atom is -0.473 e. The molecule has 0 aliphatic heterocycles. The molecule has 2 rings (SSSR count). The summed E-state index contributed by atoms with van der Waals surface area (Å²) in [7, 11) is -1.46. The lowest BCUT2D eigenvalue weighted by Crippen LogP contribution is -2.30. The number of rotatable bonds is 2. The predicted molar refractivity (Wildman–Crippen MR) is 40.5 cm³/mol. The van der Waals surface area contributed by atoms with E-state index in [4.69, 9.17) is 14.5 Å². The molecule has 58 valence electrons. The molecule has 4 heteroatoms. The Kier molecular flexibility index (Phi) is 1.51. The van der Waals surface area contributed by atoms with Crippen molar-refractivity contribution in [3.05, 3.63) is 17.9 Å². The number of hydrogen-bond acceptors (Lipinski definition) is 3. The van der Waals surface area contributed by atoms with Crippen molar-refractivity contribution >= 4 is 12.8 Å². The fraction of sp³-hybridized carbons (Fsp3) is 0.429. The zero-order valence-electron chi connectivity index (χ0n) is 6.03. The van der Waals surface area contributed by atoms with Crippen molar-refractivity contribution in [2.45, 2.75) is 18.8 Å². The molecule has 0 atom stereocenters. The third-order valence-electron chi connectivity index (χ3n) is 1.98. The summed E-state index contributed by atoms with van der Waals surface area (Å²) in [6, 6.07) is 1.81. The van der Waals surface area contributed by atoms with Crippen LogP contribution in [0.1, 0.15) is 24.3 Å². The summed E-state index contributed by atoms with van der Waals surface area (Å²) in [5.41, 5.74) is 1.27. The lowest BCUT2D eigenvalue weighted by molar-refractivity contribution is 0.409. The maximum atomic E-state index is 8.83. The van der Waals surface area contributed by atoms with Gasteiger partial charge in [0, 0.05) is 0 Å². The normalized spacial score (nSPS) is 16.9. The van der Waals surface area contributed by atoms with Gasteiger partial charge in [-0.15, -0.1) is 0 Å². The van der Waals surface area contributed by atoms with Crippen LogP contribution in [0.25, 0.3) is 0 Å². The molecular weight excluding hydrogens is 143 g/mol. The first-order chi connectivity index (χ1) is 5.29. The minimum atomic E-state index is -1.46. The standard InChI is InChI=1S/C7H9BO3/c9-8(10)7-6(3-4-11-7)5-1-2-5/h3-5,9-10H,1-2H2. The Morgan fingerprint density at radius 3 is 2.73 bits per heavy atom. The molecule has 0 amide bonds. The van der Waals surface area contributed by atoms with Gasteiger partial charge in [-0.05, 0) is 30.4 Å². The van der Waals surface area contributed by atoms with Gasteiger partial charge in [0.25, 0.3) is 0 Å². The van der Waals surface area contributed by atoms with Crippen molar-refractivity contribution in [2.24, 2.45) is 0 Å². The van der Waals surface area contributed by atoms with Crippen molar-refractivity contribution < 1.29 is 14.5 Å². The second kappa shape index (κ2) is 2.39. The fourth-order valence-corrected chi connectivity index (χ4v) is 1.27. The van der Waals surface area contributed by atoms with E-state index in [2.05, 4.69) is 0 Å². The van der Waals surface area contributed by atoms with Crippen molar-refractivity contribution in [2.75, 3.05) is 0 Å². The van der Waals surface area contributed by atoms with Crippen LogP contribution in [0.3, 0.4) is 0 Å². The highest BCUT2D eigenvalue weighted by molar-refractivity contribution is 6.57. The SMILES string of the molecule is OB(O)c1occc1C1CC1. The molecule has 0 saturated heterocycles. The molecule has 1 heterocycles. The molecule has 3 nitrogen and oxygen atoms in total. The summed E-state index contributed by atoms with van der Waals surface area (Å²) in [6.45, 7) is 0. The van der Waals surface area contributed by atoms with Crippen molar-refractivity contribution in [3.8, 4) is 0 Å². The molecule has 0 aromatic carbocycles. The van der Waals surface area contributed by atoms with Gasteiger partial charge in [-0.25, -0.2) is 0 Å². The third-order valence-corrected chi connectivity index (χ3v) is 1.98. The highest BCUT2D eigenvalue weighted by Gasteiger charge is 2.31. The Labute approximate surface area is 64.8 Å². The molecular formula is C7H9BO3. The van der Waals surface area contributed by atoms with Crippen LogP contribution in [0.15, 0.2) is 16.7 Å². The van der Waals surface area contributed by atoms with Gasteiger partial charge in [0.05, 0.1) is 6.26 Å². The summed E-state index contributed by atoms with van der Waals surface area (Å²) in [5, 5.41) is 17.7. The topological polar surface area (TPSA) is 53.6 Å². The molecule has 1 saturated carbocycles. The Morgan fingerprint density at radius 2 is 2.18 bits per heavy atom. The van der Waals surface area contributed by atoms with Gasteiger partial charge in [0.1, 0.15) is 5.66 Å². The van der Waals surface area contributed by atoms with Crippen LogP contribution < -0.4 is 5.66 Å². The molecule has 1 aliphatic rings. The van der Waals surface area contributed by atoms with E-state index in [0.717, 1.165) is 18.4 Å². The van der Waals surface area contributed by atoms with Gasteiger partial charge in [0.2, 0.25) is 0 Å². The van der Waals surface area contributed by atoms with E-state index >= 15 is 0 Å². The molecule has 2 N–H and O–H groups in total. The van der Waals surface area contributed by atoms with E-state index < -0.39 is 7.12 Å². The van der Waals surface area contributed by atoms with Crippen molar-refractivity contribution in [1.82, 2.24) is 0 Å². The van der Waals surface area contributed by atoms with Crippen LogP contribution >= 0.6 is 0 Å². The van der Waals surface area contributed by atoms with Gasteiger partial charge in [0.15, 0.2) is 0 Å². The molecule has 1 aromatic heterocycles. The molecule has 0 radical (unpaired) electrons. The molecule has 0 spiro atoms. The highest BCUT2D eigenvalue weighted by atomic mass is 16.4. The van der Waals surface area contributed by atoms with Crippen LogP contribution in [-0.4, -0.2) is 17.2 Å². The molecule has 1 fully saturated rings. The van der Waals surface area contributed by atoms with E-state index in [1.54, 1.807) is 0 Å². The van der Waals surface area contributed by atoms with Crippen LogP contribution in [0, 0.1) is 0 Å². The maximum Gasteiger partial charge on any atom is 0.526 e. The molecule has 0 unspecified atom stereocenters. The number of hydrogen-bond donors (Lipinski definition) is 2. The van der Waals surface area contributed by atoms with E-state index in [1.807, 2.05) is 6.07 Å². The second-order valence-corrected chi connectivity index (χ2v) is 2.89. The molecule has 0 bridgehead atoms. The van der Waals surface area contributed by atoms with Crippen molar-refractivity contribution in [1.29, 1.82) is 0 Å². The van der Waals surface area contributed by atoms with Crippen LogP contribution in [0.5, 0.6) is 0 Å². The average molecular weight is 152 g/mol. The van der Waals surface area contributed by atoms with Crippen LogP contribution in [0.2, 0.25) is 0 Å². The zero-order valence-corrected chi connectivity index (χ0v) is 6.03. The largest absolute Gasteiger partial charge is 0.526 e. The van der Waals surface area contributed by atoms with E-state index in [9.17, 15) is 0 Å². The molecule has 1 aromatic rings. The van der Waals surface area contributed by atoms with Gasteiger partial charge < -0.3 is 14.5 Å². The lowest BCUT2D eigenvalue weighted by Gasteiger charge is -1.96. The third kappa shape index (κ3) is 1.19. The van der Waals surface area contributed by atoms with E-state index in [0.29, 0.717) is 11.6 Å². The fourth-order valence-electron chi connectivity index (χ4n) is 1.27. The van der Waals surface area contributed by atoms with E-state index in [-0.39, 0.29) is 0 Å². The van der Waals surface area contributed by atoms with E-state index in [1.165, 1.54) is 6.26 Å². The first-order valence-electron chi connectivity index (χ1n) is 3.72. The minimum absolute atomic E-state index is 0.313. The van der Waals surface area contributed by atoms with Gasteiger partial charge in [-0.1, -0.05) is 0 Å². The quantitative estimate of drug-likeness (QED) is 0.578. The smallest absolute Gasteiger partial charge is 0.473 e. The monoisotopic (exact) mass is 152 g/mol. The first-order valence-corrected chi connectivity index (χ1v) is 3.72. The average Bonchev–Trinajstić information content (AvgIpc) is 2.68. The first kappa shape index (κ1) is 6.94. The summed E-state index contributed by atoms with van der Waals surface area (Å²) in [5.74, 6) is 0.505. The highest BCUT2D eigenvalue weighted by Crippen LogP contribution is 2.39. The lowest BCUT2D eigenvalue weighted by atomic mass is 9.83. The molecule has 11 heavy (non-hydrogen) atoms. The van der Waals surface area contributed by atoms with Gasteiger partial charge >= 0.3 is 7.12 Å². The van der Waals surface area contributed by atoms with Crippen LogP contribution in [-0.2, 0) is 0 Å².